The number of nitrogens with zero attached hydrogens (tertiary/aromatic N) is 2. The van der Waals surface area contributed by atoms with Crippen LogP contribution in [0.4, 0.5) is 4.70 Å². The predicted octanol–water partition coefficient (Wildman–Crippen LogP) is 9.19. The fraction of sp³-hybridized carbons (Fsp3) is 1.00. The fourth-order valence-electron chi connectivity index (χ4n) is 2.83. The van der Waals surface area contributed by atoms with E-state index in [0.717, 1.165) is 26.2 Å². The molecule has 172 valence electrons. The molecule has 0 saturated heterocycles. The third-order valence-electron chi connectivity index (χ3n) is 4.68. The van der Waals surface area contributed by atoms with Crippen molar-refractivity contribution in [1.82, 2.24) is 0 Å². The van der Waals surface area contributed by atoms with Gasteiger partial charge in [-0.25, -0.2) is 0 Å². The molecule has 0 heterocycles. The Kier molecular flexibility index (Phi) is 50.6. The van der Waals surface area contributed by atoms with Crippen molar-refractivity contribution in [3.8, 4) is 0 Å². The van der Waals surface area contributed by atoms with Gasteiger partial charge in [-0.2, -0.15) is 0 Å². The number of halogens is 1. The van der Waals surface area contributed by atoms with Crippen LogP contribution in [0.1, 0.15) is 130 Å². The van der Waals surface area contributed by atoms with Crippen molar-refractivity contribution in [2.75, 3.05) is 26.2 Å². The van der Waals surface area contributed by atoms with Crippen molar-refractivity contribution in [3.05, 3.63) is 10.6 Å². The molecule has 2 nitrogen and oxygen atoms in total. The van der Waals surface area contributed by atoms with Gasteiger partial charge >= 0.3 is 0 Å². The Balaban J connectivity index is -0.000000192. The standard InChI is InChI=1S/2C12H26N.FH.Nd/c2*1-3-5-7-9-11-13-12-10-8-6-4-2;;/h2*3-12H2,1-2H3;1H;/q2*-1;;. The molecular formula is C24H53FN2Nd-2. The summed E-state index contributed by atoms with van der Waals surface area (Å²) in [5.74, 6) is 0. The van der Waals surface area contributed by atoms with Crippen LogP contribution in [0.2, 0.25) is 0 Å². The van der Waals surface area contributed by atoms with Crippen LogP contribution in [-0.4, -0.2) is 26.2 Å². The van der Waals surface area contributed by atoms with Crippen molar-refractivity contribution >= 4 is 0 Å². The summed E-state index contributed by atoms with van der Waals surface area (Å²) in [6.07, 6.45) is 21.5. The minimum absolute atomic E-state index is 0. The molecule has 0 aliphatic rings. The topological polar surface area (TPSA) is 28.2 Å². The summed E-state index contributed by atoms with van der Waals surface area (Å²) < 4.78 is 0. The molecule has 0 N–H and O–H groups in total. The SMILES string of the molecule is CCCCCC[N-]CCCCCC.CCCCCC[N-]CCCCCC.F.[Nd]. The van der Waals surface area contributed by atoms with Gasteiger partial charge in [0.25, 0.3) is 0 Å². The van der Waals surface area contributed by atoms with Crippen LogP contribution >= 0.6 is 0 Å². The second-order valence-electron chi connectivity index (χ2n) is 7.58. The zero-order valence-electron chi connectivity index (χ0n) is 19.9. The summed E-state index contributed by atoms with van der Waals surface area (Å²) >= 11 is 0. The smallest absolute Gasteiger partial charge is 0 e. The zero-order valence-corrected chi connectivity index (χ0v) is 23.2. The van der Waals surface area contributed by atoms with Gasteiger partial charge in [0.05, 0.1) is 0 Å². The van der Waals surface area contributed by atoms with Crippen LogP contribution in [0.3, 0.4) is 0 Å². The maximum absolute atomic E-state index is 4.51. The van der Waals surface area contributed by atoms with E-state index in [0.29, 0.717) is 0 Å². The Morgan fingerprint density at radius 1 is 0.357 bits per heavy atom. The summed E-state index contributed by atoms with van der Waals surface area (Å²) in [5, 5.41) is 9.03. The van der Waals surface area contributed by atoms with E-state index in [1.165, 1.54) is 103 Å². The maximum atomic E-state index is 4.51. The largest absolute Gasteiger partial charge is 0.662 e. The molecule has 0 atom stereocenters. The summed E-state index contributed by atoms with van der Waals surface area (Å²) in [6.45, 7) is 13.4. The summed E-state index contributed by atoms with van der Waals surface area (Å²) in [4.78, 5) is 0. The first-order valence-corrected chi connectivity index (χ1v) is 12.1. The second kappa shape index (κ2) is 38.8. The minimum atomic E-state index is 0. The van der Waals surface area contributed by atoms with Crippen molar-refractivity contribution in [1.29, 1.82) is 0 Å². The molecule has 0 amide bonds. The predicted molar refractivity (Wildman–Crippen MR) is 125 cm³/mol. The summed E-state index contributed by atoms with van der Waals surface area (Å²) in [5.41, 5.74) is 0. The molecule has 0 rings (SSSR count). The molecule has 0 bridgehead atoms. The van der Waals surface area contributed by atoms with E-state index in [2.05, 4.69) is 38.3 Å². The Morgan fingerprint density at radius 2 is 0.571 bits per heavy atom. The fourth-order valence-corrected chi connectivity index (χ4v) is 2.83. The van der Waals surface area contributed by atoms with Crippen LogP contribution in [0.15, 0.2) is 0 Å². The molecule has 0 aromatic carbocycles. The first-order chi connectivity index (χ1) is 12.8. The molecule has 4 heteroatoms. The molecule has 0 aromatic heterocycles. The van der Waals surface area contributed by atoms with Crippen LogP contribution in [0, 0.1) is 40.8 Å². The van der Waals surface area contributed by atoms with Gasteiger partial charge in [0.1, 0.15) is 0 Å². The Labute approximate surface area is 211 Å². The van der Waals surface area contributed by atoms with E-state index in [4.69, 9.17) is 0 Å². The van der Waals surface area contributed by atoms with Gasteiger partial charge < -0.3 is 10.6 Å². The number of unbranched alkanes of at least 4 members (excludes halogenated alkanes) is 12. The molecule has 0 radical (unpaired) electrons. The van der Waals surface area contributed by atoms with Crippen molar-refractivity contribution in [3.63, 3.8) is 0 Å². The third-order valence-corrected chi connectivity index (χ3v) is 4.68. The Bertz CT molecular complexity index is 177. The van der Waals surface area contributed by atoms with E-state index in [1.807, 2.05) is 0 Å². The number of hydrogen-bond acceptors (Lipinski definition) is 0. The van der Waals surface area contributed by atoms with Crippen molar-refractivity contribution in [2.45, 2.75) is 130 Å². The number of hydrogen-bond donors (Lipinski definition) is 0. The molecule has 0 aliphatic heterocycles. The van der Waals surface area contributed by atoms with Gasteiger partial charge in [-0.05, 0) is 0 Å². The average Bonchev–Trinajstić information content (AvgIpc) is 2.66. The van der Waals surface area contributed by atoms with Gasteiger partial charge in [-0.15, -0.1) is 26.2 Å². The zero-order chi connectivity index (χ0) is 19.6. The normalized spacial score (nSPS) is 9.86. The molecule has 0 saturated carbocycles. The molecular weight excluding hydrogens is 480 g/mol. The van der Waals surface area contributed by atoms with Gasteiger partial charge in [0.15, 0.2) is 0 Å². The van der Waals surface area contributed by atoms with Crippen LogP contribution in [-0.2, 0) is 0 Å². The Morgan fingerprint density at radius 3 is 0.750 bits per heavy atom. The summed E-state index contributed by atoms with van der Waals surface area (Å²) in [6, 6.07) is 0. The summed E-state index contributed by atoms with van der Waals surface area (Å²) in [7, 11) is 0. The van der Waals surface area contributed by atoms with E-state index in [1.54, 1.807) is 0 Å². The molecule has 0 unspecified atom stereocenters. The van der Waals surface area contributed by atoms with Crippen LogP contribution in [0.25, 0.3) is 10.6 Å². The molecule has 0 fully saturated rings. The Hall–Kier alpha value is 1.20. The molecule has 0 aromatic rings. The molecule has 28 heavy (non-hydrogen) atoms. The third kappa shape index (κ3) is 41.5. The average molecular weight is 533 g/mol. The monoisotopic (exact) mass is 530 g/mol. The number of rotatable bonds is 20. The molecule has 0 aliphatic carbocycles. The van der Waals surface area contributed by atoms with Gasteiger partial charge in [-0.3, -0.25) is 4.70 Å². The second-order valence-corrected chi connectivity index (χ2v) is 7.58. The first kappa shape index (κ1) is 36.6. The van der Waals surface area contributed by atoms with Gasteiger partial charge in [0.2, 0.25) is 0 Å². The van der Waals surface area contributed by atoms with E-state index < -0.39 is 0 Å². The van der Waals surface area contributed by atoms with E-state index in [9.17, 15) is 0 Å². The van der Waals surface area contributed by atoms with E-state index in [-0.39, 0.29) is 45.5 Å². The van der Waals surface area contributed by atoms with Gasteiger partial charge in [0, 0.05) is 40.8 Å². The van der Waals surface area contributed by atoms with Gasteiger partial charge in [-0.1, -0.05) is 130 Å². The quantitative estimate of drug-likeness (QED) is 0.140. The van der Waals surface area contributed by atoms with Crippen LogP contribution < -0.4 is 0 Å². The van der Waals surface area contributed by atoms with E-state index >= 15 is 0 Å². The van der Waals surface area contributed by atoms with Crippen molar-refractivity contribution < 1.29 is 45.5 Å². The first-order valence-electron chi connectivity index (χ1n) is 12.1. The molecule has 0 spiro atoms. The minimum Gasteiger partial charge on any atom is -0.662 e. The van der Waals surface area contributed by atoms with Crippen LogP contribution in [0.5, 0.6) is 0 Å². The van der Waals surface area contributed by atoms with Crippen molar-refractivity contribution in [2.24, 2.45) is 0 Å². The maximum Gasteiger partial charge on any atom is 0 e.